The zero-order valence-corrected chi connectivity index (χ0v) is 18.3. The van der Waals surface area contributed by atoms with Crippen molar-refractivity contribution in [2.45, 2.75) is 20.0 Å². The molecule has 3 amide bonds. The molecule has 2 N–H and O–H groups in total. The summed E-state index contributed by atoms with van der Waals surface area (Å²) in [5.41, 5.74) is 2.54. The number of hydrogen-bond donors (Lipinski definition) is 2. The van der Waals surface area contributed by atoms with Crippen LogP contribution >= 0.6 is 12.2 Å². The van der Waals surface area contributed by atoms with E-state index in [0.717, 1.165) is 16.5 Å². The zero-order valence-electron chi connectivity index (χ0n) is 17.5. The van der Waals surface area contributed by atoms with Crippen molar-refractivity contribution in [3.05, 3.63) is 77.5 Å². The van der Waals surface area contributed by atoms with Crippen molar-refractivity contribution in [1.29, 1.82) is 0 Å². The SMILES string of the molecule is CCN1C(=O)/C(=C/c2cn(CC(=O)NCc3ccccc3)c3ccccc23)C(=O)NC1=S. The van der Waals surface area contributed by atoms with Crippen molar-refractivity contribution in [3.8, 4) is 0 Å². The molecule has 0 aliphatic carbocycles. The Morgan fingerprint density at radius 3 is 2.56 bits per heavy atom. The van der Waals surface area contributed by atoms with Crippen LogP contribution in [-0.4, -0.2) is 38.8 Å². The van der Waals surface area contributed by atoms with Gasteiger partial charge in [0, 0.05) is 35.8 Å². The fourth-order valence-corrected chi connectivity index (χ4v) is 3.97. The molecule has 7 nitrogen and oxygen atoms in total. The van der Waals surface area contributed by atoms with Gasteiger partial charge in [-0.2, -0.15) is 0 Å². The predicted octanol–water partition coefficient (Wildman–Crippen LogP) is 2.60. The smallest absolute Gasteiger partial charge is 0.265 e. The van der Waals surface area contributed by atoms with Crippen molar-refractivity contribution in [2.75, 3.05) is 6.54 Å². The zero-order chi connectivity index (χ0) is 22.7. The van der Waals surface area contributed by atoms with Gasteiger partial charge in [-0.3, -0.25) is 24.6 Å². The summed E-state index contributed by atoms with van der Waals surface area (Å²) in [6, 6.07) is 17.2. The molecule has 0 radical (unpaired) electrons. The van der Waals surface area contributed by atoms with Gasteiger partial charge < -0.3 is 9.88 Å². The lowest BCUT2D eigenvalue weighted by Gasteiger charge is -2.27. The number of amides is 3. The van der Waals surface area contributed by atoms with E-state index in [1.54, 1.807) is 19.2 Å². The van der Waals surface area contributed by atoms with Crippen molar-refractivity contribution in [2.24, 2.45) is 0 Å². The molecule has 162 valence electrons. The molecule has 0 unspecified atom stereocenters. The average Bonchev–Trinajstić information content (AvgIpc) is 3.13. The highest BCUT2D eigenvalue weighted by atomic mass is 32.1. The lowest BCUT2D eigenvalue weighted by atomic mass is 10.1. The second kappa shape index (κ2) is 9.15. The molecular formula is C24H22N4O3S. The van der Waals surface area contributed by atoms with E-state index in [-0.39, 0.29) is 23.1 Å². The highest BCUT2D eigenvalue weighted by Crippen LogP contribution is 2.25. The normalized spacial score (nSPS) is 15.3. The van der Waals surface area contributed by atoms with E-state index in [9.17, 15) is 14.4 Å². The number of nitrogens with one attached hydrogen (secondary N) is 2. The first kappa shape index (κ1) is 21.5. The van der Waals surface area contributed by atoms with Gasteiger partial charge in [0.2, 0.25) is 5.91 Å². The number of rotatable bonds is 6. The Morgan fingerprint density at radius 1 is 1.09 bits per heavy atom. The summed E-state index contributed by atoms with van der Waals surface area (Å²) in [4.78, 5) is 39.1. The summed E-state index contributed by atoms with van der Waals surface area (Å²) in [6.07, 6.45) is 3.34. The molecule has 8 heteroatoms. The summed E-state index contributed by atoms with van der Waals surface area (Å²) in [5.74, 6) is -1.09. The van der Waals surface area contributed by atoms with Gasteiger partial charge in [0.05, 0.1) is 0 Å². The third-order valence-corrected chi connectivity index (χ3v) is 5.59. The summed E-state index contributed by atoms with van der Waals surface area (Å²) in [5, 5.41) is 6.43. The van der Waals surface area contributed by atoms with Gasteiger partial charge in [0.1, 0.15) is 12.1 Å². The van der Waals surface area contributed by atoms with Crippen LogP contribution in [0.2, 0.25) is 0 Å². The van der Waals surface area contributed by atoms with Gasteiger partial charge in [-0.05, 0) is 36.8 Å². The van der Waals surface area contributed by atoms with E-state index in [2.05, 4.69) is 10.6 Å². The van der Waals surface area contributed by atoms with Crippen LogP contribution in [0.25, 0.3) is 17.0 Å². The maximum absolute atomic E-state index is 12.8. The van der Waals surface area contributed by atoms with Crippen molar-refractivity contribution in [3.63, 3.8) is 0 Å². The third kappa shape index (κ3) is 4.31. The first-order valence-electron chi connectivity index (χ1n) is 10.2. The fraction of sp³-hybridized carbons (Fsp3) is 0.167. The molecule has 1 aromatic heterocycles. The second-order valence-corrected chi connectivity index (χ2v) is 7.75. The van der Waals surface area contributed by atoms with Gasteiger partial charge in [0.25, 0.3) is 11.8 Å². The third-order valence-electron chi connectivity index (χ3n) is 5.27. The number of carbonyl (C=O) groups is 3. The Balaban J connectivity index is 1.61. The predicted molar refractivity (Wildman–Crippen MR) is 126 cm³/mol. The topological polar surface area (TPSA) is 83.4 Å². The summed E-state index contributed by atoms with van der Waals surface area (Å²) < 4.78 is 1.81. The maximum atomic E-state index is 12.8. The van der Waals surface area contributed by atoms with Crippen LogP contribution in [0.3, 0.4) is 0 Å². The van der Waals surface area contributed by atoms with E-state index in [1.807, 2.05) is 59.2 Å². The van der Waals surface area contributed by atoms with E-state index in [4.69, 9.17) is 12.2 Å². The van der Waals surface area contributed by atoms with Crippen LogP contribution in [-0.2, 0) is 27.5 Å². The Morgan fingerprint density at radius 2 is 1.81 bits per heavy atom. The van der Waals surface area contributed by atoms with Crippen molar-refractivity contribution in [1.82, 2.24) is 20.1 Å². The summed E-state index contributed by atoms with van der Waals surface area (Å²) in [7, 11) is 0. The highest BCUT2D eigenvalue weighted by Gasteiger charge is 2.32. The van der Waals surface area contributed by atoms with Crippen LogP contribution in [0.5, 0.6) is 0 Å². The second-order valence-electron chi connectivity index (χ2n) is 7.36. The van der Waals surface area contributed by atoms with E-state index >= 15 is 0 Å². The molecule has 1 saturated heterocycles. The van der Waals surface area contributed by atoms with Gasteiger partial charge in [-0.1, -0.05) is 48.5 Å². The average molecular weight is 447 g/mol. The molecule has 0 atom stereocenters. The van der Waals surface area contributed by atoms with Crippen molar-refractivity contribution < 1.29 is 14.4 Å². The molecule has 2 aromatic carbocycles. The van der Waals surface area contributed by atoms with E-state index < -0.39 is 11.8 Å². The van der Waals surface area contributed by atoms with Crippen molar-refractivity contribution >= 4 is 52.0 Å². The number of aromatic nitrogens is 1. The number of fused-ring (bicyclic) bond motifs is 1. The first-order valence-corrected chi connectivity index (χ1v) is 10.7. The van der Waals surface area contributed by atoms with Crippen LogP contribution in [0, 0.1) is 0 Å². The minimum atomic E-state index is -0.526. The molecule has 32 heavy (non-hydrogen) atoms. The number of likely N-dealkylation sites (N-methyl/N-ethyl adjacent to an activating group) is 1. The van der Waals surface area contributed by atoms with Crippen LogP contribution < -0.4 is 10.6 Å². The number of hydrogen-bond acceptors (Lipinski definition) is 4. The minimum absolute atomic E-state index is 0.0110. The molecule has 1 aliphatic heterocycles. The highest BCUT2D eigenvalue weighted by molar-refractivity contribution is 7.80. The molecule has 1 fully saturated rings. The van der Waals surface area contributed by atoms with Crippen LogP contribution in [0.1, 0.15) is 18.1 Å². The number of nitrogens with zero attached hydrogens (tertiary/aromatic N) is 2. The molecule has 0 saturated carbocycles. The molecule has 3 aromatic rings. The number of carbonyl (C=O) groups excluding carboxylic acids is 3. The van der Waals surface area contributed by atoms with E-state index in [1.165, 1.54) is 4.90 Å². The Bertz CT molecular complexity index is 1250. The van der Waals surface area contributed by atoms with Gasteiger partial charge in [-0.15, -0.1) is 0 Å². The molecular weight excluding hydrogens is 424 g/mol. The van der Waals surface area contributed by atoms with Gasteiger partial charge >= 0.3 is 0 Å². The minimum Gasteiger partial charge on any atom is -0.350 e. The quantitative estimate of drug-likeness (QED) is 0.346. The lowest BCUT2D eigenvalue weighted by molar-refractivity contribution is -0.128. The largest absolute Gasteiger partial charge is 0.350 e. The number of benzene rings is 2. The van der Waals surface area contributed by atoms with Crippen LogP contribution in [0.15, 0.2) is 66.4 Å². The maximum Gasteiger partial charge on any atom is 0.265 e. The Labute approximate surface area is 190 Å². The number of para-hydroxylation sites is 1. The molecule has 4 rings (SSSR count). The summed E-state index contributed by atoms with van der Waals surface area (Å²) in [6.45, 7) is 2.71. The number of thiocarbonyl (C=S) groups is 1. The molecule has 2 heterocycles. The monoisotopic (exact) mass is 446 g/mol. The first-order chi connectivity index (χ1) is 15.5. The Kier molecular flexibility index (Phi) is 6.13. The molecule has 0 spiro atoms. The molecule has 0 bridgehead atoms. The lowest BCUT2D eigenvalue weighted by Crippen LogP contribution is -2.53. The Hall–Kier alpha value is -3.78. The summed E-state index contributed by atoms with van der Waals surface area (Å²) >= 11 is 5.08. The van der Waals surface area contributed by atoms with Crippen LogP contribution in [0.4, 0.5) is 0 Å². The van der Waals surface area contributed by atoms with Gasteiger partial charge in [-0.25, -0.2) is 0 Å². The fourth-order valence-electron chi connectivity index (χ4n) is 3.66. The molecule has 1 aliphatic rings. The van der Waals surface area contributed by atoms with Gasteiger partial charge in [0.15, 0.2) is 5.11 Å². The van der Waals surface area contributed by atoms with E-state index in [0.29, 0.717) is 18.7 Å². The standard InChI is InChI=1S/C24H22N4O3S/c1-2-28-23(31)19(22(30)26-24(28)32)12-17-14-27(20-11-7-6-10-18(17)20)15-21(29)25-13-16-8-4-3-5-9-16/h3-12,14H,2,13,15H2,1H3,(H,25,29)(H,26,30,32)/b19-12+.